The number of nitrogens with zero attached hydrogens (tertiary/aromatic N) is 1. The Morgan fingerprint density at radius 2 is 1.84 bits per heavy atom. The van der Waals surface area contributed by atoms with E-state index in [1.165, 1.54) is 51.6 Å². The zero-order valence-electron chi connectivity index (χ0n) is 13.1. The number of nitrogens with one attached hydrogen (secondary N) is 1. The lowest BCUT2D eigenvalue weighted by Gasteiger charge is -2.44. The molecule has 2 rings (SSSR count). The minimum absolute atomic E-state index is 0.567. The van der Waals surface area contributed by atoms with Crippen molar-refractivity contribution in [1.82, 2.24) is 10.2 Å². The van der Waals surface area contributed by atoms with Crippen molar-refractivity contribution in [3.63, 3.8) is 0 Å². The van der Waals surface area contributed by atoms with Gasteiger partial charge >= 0.3 is 0 Å². The number of methoxy groups -OCH3 is 1. The van der Waals surface area contributed by atoms with Crippen LogP contribution in [0.2, 0.25) is 0 Å². The van der Waals surface area contributed by atoms with Crippen molar-refractivity contribution in [2.45, 2.75) is 64.5 Å². The van der Waals surface area contributed by atoms with Crippen LogP contribution in [0.1, 0.15) is 52.4 Å². The first kappa shape index (κ1) is 15.3. The topological polar surface area (TPSA) is 24.5 Å². The lowest BCUT2D eigenvalue weighted by molar-refractivity contribution is 0.0319. The molecule has 1 heterocycles. The van der Waals surface area contributed by atoms with Gasteiger partial charge in [-0.3, -0.25) is 4.90 Å². The Labute approximate surface area is 119 Å². The maximum absolute atomic E-state index is 5.43. The Balaban J connectivity index is 1.81. The maximum atomic E-state index is 5.43. The van der Waals surface area contributed by atoms with Crippen LogP contribution in [0.25, 0.3) is 0 Å². The van der Waals surface area contributed by atoms with Crippen molar-refractivity contribution in [2.75, 3.05) is 33.4 Å². The third-order valence-corrected chi connectivity index (χ3v) is 5.45. The van der Waals surface area contributed by atoms with Gasteiger partial charge in [0.05, 0.1) is 6.61 Å². The van der Waals surface area contributed by atoms with E-state index in [1.807, 2.05) is 7.11 Å². The molecule has 1 saturated heterocycles. The van der Waals surface area contributed by atoms with Crippen LogP contribution in [0, 0.1) is 5.41 Å². The molecule has 1 aliphatic carbocycles. The summed E-state index contributed by atoms with van der Waals surface area (Å²) in [6.45, 7) is 9.19. The summed E-state index contributed by atoms with van der Waals surface area (Å²) < 4.78 is 5.43. The summed E-state index contributed by atoms with van der Waals surface area (Å²) in [5, 5.41) is 3.67. The first-order valence-electron chi connectivity index (χ1n) is 8.19. The molecule has 2 aliphatic rings. The number of likely N-dealkylation sites (tertiary alicyclic amines) is 1. The molecule has 1 N–H and O–H groups in total. The van der Waals surface area contributed by atoms with E-state index in [1.54, 1.807) is 0 Å². The number of rotatable bonds is 8. The predicted octanol–water partition coefficient (Wildman–Crippen LogP) is 2.66. The molecule has 0 spiro atoms. The molecule has 112 valence electrons. The molecule has 1 unspecified atom stereocenters. The van der Waals surface area contributed by atoms with E-state index in [2.05, 4.69) is 24.1 Å². The number of piperidine rings is 1. The molecule has 0 amide bonds. The van der Waals surface area contributed by atoms with Gasteiger partial charge in [0.25, 0.3) is 0 Å². The quantitative estimate of drug-likeness (QED) is 0.732. The van der Waals surface area contributed by atoms with Crippen molar-refractivity contribution < 1.29 is 4.74 Å². The highest BCUT2D eigenvalue weighted by atomic mass is 16.5. The third kappa shape index (κ3) is 4.17. The normalized spacial score (nSPS) is 25.4. The average molecular weight is 268 g/mol. The van der Waals surface area contributed by atoms with Gasteiger partial charge in [-0.1, -0.05) is 26.7 Å². The number of hydrogen-bond acceptors (Lipinski definition) is 3. The van der Waals surface area contributed by atoms with Gasteiger partial charge in [-0.25, -0.2) is 0 Å². The Hall–Kier alpha value is -0.120. The summed E-state index contributed by atoms with van der Waals surface area (Å²) >= 11 is 0. The molecule has 2 fully saturated rings. The Kier molecular flexibility index (Phi) is 5.67. The second-order valence-electron chi connectivity index (χ2n) is 6.53. The van der Waals surface area contributed by atoms with Crippen LogP contribution in [0.3, 0.4) is 0 Å². The fourth-order valence-electron chi connectivity index (χ4n) is 3.40. The summed E-state index contributed by atoms with van der Waals surface area (Å²) in [5.74, 6) is 0. The molecule has 0 aromatic heterocycles. The smallest absolute Gasteiger partial charge is 0.0630 e. The van der Waals surface area contributed by atoms with E-state index in [-0.39, 0.29) is 0 Å². The van der Waals surface area contributed by atoms with E-state index in [9.17, 15) is 0 Å². The van der Waals surface area contributed by atoms with Gasteiger partial charge in [-0.15, -0.1) is 0 Å². The first-order chi connectivity index (χ1) is 9.23. The second kappa shape index (κ2) is 7.05. The van der Waals surface area contributed by atoms with E-state index < -0.39 is 0 Å². The van der Waals surface area contributed by atoms with Crippen molar-refractivity contribution >= 4 is 0 Å². The highest BCUT2D eigenvalue weighted by Crippen LogP contribution is 2.38. The Bertz CT molecular complexity index is 251. The van der Waals surface area contributed by atoms with Gasteiger partial charge in [0, 0.05) is 25.7 Å². The summed E-state index contributed by atoms with van der Waals surface area (Å²) in [5.41, 5.74) is 0.623. The van der Waals surface area contributed by atoms with Crippen LogP contribution in [0.15, 0.2) is 0 Å². The second-order valence-corrected chi connectivity index (χ2v) is 6.53. The largest absolute Gasteiger partial charge is 0.383 e. The molecular formula is C16H32N2O. The van der Waals surface area contributed by atoms with E-state index >= 15 is 0 Å². The molecule has 3 heteroatoms. The summed E-state index contributed by atoms with van der Waals surface area (Å²) in [6, 6.07) is 1.37. The monoisotopic (exact) mass is 268 g/mol. The average Bonchev–Trinajstić information content (AvgIpc) is 3.28. The zero-order valence-corrected chi connectivity index (χ0v) is 13.1. The molecule has 1 saturated carbocycles. The van der Waals surface area contributed by atoms with Crippen LogP contribution < -0.4 is 5.32 Å². The molecule has 0 bridgehead atoms. The van der Waals surface area contributed by atoms with Crippen LogP contribution in [0.5, 0.6) is 0 Å². The molecule has 0 aromatic rings. The molecule has 3 nitrogen and oxygen atoms in total. The molecule has 1 aliphatic heterocycles. The van der Waals surface area contributed by atoms with Gasteiger partial charge in [-0.05, 0) is 44.2 Å². The highest BCUT2D eigenvalue weighted by Gasteiger charge is 2.34. The van der Waals surface area contributed by atoms with Gasteiger partial charge in [0.1, 0.15) is 0 Å². The SMILES string of the molecule is CCC1(CC)CCN(C(CNC2CC2)COC)CC1. The number of hydrogen-bond donors (Lipinski definition) is 1. The van der Waals surface area contributed by atoms with E-state index in [4.69, 9.17) is 4.74 Å². The van der Waals surface area contributed by atoms with Gasteiger partial charge in [0.15, 0.2) is 0 Å². The van der Waals surface area contributed by atoms with Crippen molar-refractivity contribution in [3.8, 4) is 0 Å². The van der Waals surface area contributed by atoms with Crippen LogP contribution in [0.4, 0.5) is 0 Å². The summed E-state index contributed by atoms with van der Waals surface area (Å²) in [4.78, 5) is 2.66. The predicted molar refractivity (Wildman–Crippen MR) is 80.5 cm³/mol. The van der Waals surface area contributed by atoms with Crippen molar-refractivity contribution in [2.24, 2.45) is 5.41 Å². The minimum Gasteiger partial charge on any atom is -0.383 e. The van der Waals surface area contributed by atoms with Crippen LogP contribution >= 0.6 is 0 Å². The molecule has 19 heavy (non-hydrogen) atoms. The molecular weight excluding hydrogens is 236 g/mol. The maximum Gasteiger partial charge on any atom is 0.0630 e. The van der Waals surface area contributed by atoms with E-state index in [0.29, 0.717) is 11.5 Å². The van der Waals surface area contributed by atoms with Gasteiger partial charge < -0.3 is 10.1 Å². The first-order valence-corrected chi connectivity index (χ1v) is 8.19. The molecule has 0 aromatic carbocycles. The molecule has 1 atom stereocenters. The van der Waals surface area contributed by atoms with Gasteiger partial charge in [-0.2, -0.15) is 0 Å². The zero-order chi connectivity index (χ0) is 13.7. The van der Waals surface area contributed by atoms with Crippen LogP contribution in [-0.2, 0) is 4.74 Å². The lowest BCUT2D eigenvalue weighted by atomic mass is 9.74. The highest BCUT2D eigenvalue weighted by molar-refractivity contribution is 4.89. The summed E-state index contributed by atoms with van der Waals surface area (Å²) in [7, 11) is 1.83. The van der Waals surface area contributed by atoms with Crippen LogP contribution in [-0.4, -0.2) is 50.3 Å². The fourth-order valence-corrected chi connectivity index (χ4v) is 3.40. The fraction of sp³-hybridized carbons (Fsp3) is 1.00. The van der Waals surface area contributed by atoms with Crippen molar-refractivity contribution in [1.29, 1.82) is 0 Å². The number of ether oxygens (including phenoxy) is 1. The molecule has 0 radical (unpaired) electrons. The standard InChI is InChI=1S/C16H32N2O/c1-4-16(5-2)8-10-18(11-9-16)15(13-19-3)12-17-14-6-7-14/h14-15,17H,4-13H2,1-3H3. The Morgan fingerprint density at radius 1 is 1.21 bits per heavy atom. The summed E-state index contributed by atoms with van der Waals surface area (Å²) in [6.07, 6.45) is 8.15. The lowest BCUT2D eigenvalue weighted by Crippen LogP contribution is -2.50. The van der Waals surface area contributed by atoms with Gasteiger partial charge in [0.2, 0.25) is 0 Å². The minimum atomic E-state index is 0.567. The van der Waals surface area contributed by atoms with Crippen molar-refractivity contribution in [3.05, 3.63) is 0 Å². The Morgan fingerprint density at radius 3 is 2.32 bits per heavy atom. The third-order valence-electron chi connectivity index (χ3n) is 5.45. The van der Waals surface area contributed by atoms with E-state index in [0.717, 1.165) is 19.2 Å².